The maximum Gasteiger partial charge on any atom is 0.230 e. The van der Waals surface area contributed by atoms with Crippen LogP contribution < -0.4 is 0 Å². The minimum Gasteiger partial charge on any atom is -0.418 e. The Labute approximate surface area is 60.1 Å². The molecular formula is C6H15NOSi. The summed E-state index contributed by atoms with van der Waals surface area (Å²) in [4.78, 5) is 2.17. The zero-order valence-electron chi connectivity index (χ0n) is 6.48. The summed E-state index contributed by atoms with van der Waals surface area (Å²) in [5, 5.41) is 0. The van der Waals surface area contributed by atoms with E-state index in [1.165, 1.54) is 6.04 Å². The van der Waals surface area contributed by atoms with E-state index in [4.69, 9.17) is 4.43 Å². The van der Waals surface area contributed by atoms with Crippen LogP contribution in [-0.4, -0.2) is 41.9 Å². The highest BCUT2D eigenvalue weighted by atomic mass is 28.2. The average Bonchev–Trinajstić information content (AvgIpc) is 1.80. The summed E-state index contributed by atoms with van der Waals surface area (Å²) in [5.74, 6) is 0. The molecule has 0 aliphatic rings. The molecule has 0 spiro atoms. The lowest BCUT2D eigenvalue weighted by Crippen LogP contribution is -2.15. The zero-order valence-corrected chi connectivity index (χ0v) is 7.48. The Balaban J connectivity index is 2.75. The van der Waals surface area contributed by atoms with E-state index in [1.807, 2.05) is 6.92 Å². The number of hydrogen-bond donors (Lipinski definition) is 0. The Bertz CT molecular complexity index is 59.0. The lowest BCUT2D eigenvalue weighted by Gasteiger charge is -2.06. The summed E-state index contributed by atoms with van der Waals surface area (Å²) >= 11 is 0. The van der Waals surface area contributed by atoms with Gasteiger partial charge in [-0.2, -0.15) is 0 Å². The predicted molar refractivity (Wildman–Crippen MR) is 40.7 cm³/mol. The monoisotopic (exact) mass is 145 g/mol. The van der Waals surface area contributed by atoms with Crippen molar-refractivity contribution < 1.29 is 4.43 Å². The topological polar surface area (TPSA) is 12.5 Å². The van der Waals surface area contributed by atoms with E-state index in [0.29, 0.717) is 9.76 Å². The highest BCUT2D eigenvalue weighted by Gasteiger charge is 1.90. The Kier molecular flexibility index (Phi) is 6.35. The van der Waals surface area contributed by atoms with Crippen LogP contribution in [0.2, 0.25) is 6.04 Å². The quantitative estimate of drug-likeness (QED) is 0.415. The van der Waals surface area contributed by atoms with Crippen molar-refractivity contribution in [3.8, 4) is 0 Å². The van der Waals surface area contributed by atoms with Gasteiger partial charge in [0.15, 0.2) is 0 Å². The van der Waals surface area contributed by atoms with Crippen molar-refractivity contribution in [2.75, 3.05) is 27.2 Å². The fraction of sp³-hybridized carbons (Fsp3) is 1.00. The van der Waals surface area contributed by atoms with Crippen LogP contribution in [0, 0.1) is 0 Å². The molecule has 0 aliphatic carbocycles. The second kappa shape index (κ2) is 6.26. The van der Waals surface area contributed by atoms with Crippen molar-refractivity contribution in [1.29, 1.82) is 0 Å². The van der Waals surface area contributed by atoms with Gasteiger partial charge >= 0.3 is 0 Å². The third kappa shape index (κ3) is 8.14. The van der Waals surface area contributed by atoms with Crippen LogP contribution in [0.3, 0.4) is 0 Å². The summed E-state index contributed by atoms with van der Waals surface area (Å²) in [6.45, 7) is 4.02. The minimum absolute atomic E-state index is 0.683. The molecule has 0 heterocycles. The van der Waals surface area contributed by atoms with Gasteiger partial charge in [-0.25, -0.2) is 0 Å². The van der Waals surface area contributed by atoms with E-state index < -0.39 is 0 Å². The molecule has 0 atom stereocenters. The van der Waals surface area contributed by atoms with E-state index in [1.54, 1.807) is 0 Å². The molecule has 54 valence electrons. The molecular weight excluding hydrogens is 130 g/mol. The van der Waals surface area contributed by atoms with Gasteiger partial charge in [-0.05, 0) is 33.6 Å². The molecule has 0 aromatic carbocycles. The summed E-state index contributed by atoms with van der Waals surface area (Å²) < 4.78 is 5.18. The average molecular weight is 145 g/mol. The Morgan fingerprint density at radius 3 is 2.56 bits per heavy atom. The number of hydrogen-bond acceptors (Lipinski definition) is 2. The molecule has 0 saturated heterocycles. The van der Waals surface area contributed by atoms with Gasteiger partial charge in [0.1, 0.15) is 0 Å². The van der Waals surface area contributed by atoms with Crippen LogP contribution in [0.15, 0.2) is 0 Å². The molecule has 2 radical (unpaired) electrons. The molecule has 9 heavy (non-hydrogen) atoms. The lowest BCUT2D eigenvalue weighted by atomic mass is 10.7. The largest absolute Gasteiger partial charge is 0.418 e. The molecule has 0 aliphatic heterocycles. The molecule has 0 fully saturated rings. The summed E-state index contributed by atoms with van der Waals surface area (Å²) in [5.41, 5.74) is 0. The van der Waals surface area contributed by atoms with E-state index in [-0.39, 0.29) is 0 Å². The minimum atomic E-state index is 0.683. The van der Waals surface area contributed by atoms with Crippen molar-refractivity contribution in [3.63, 3.8) is 0 Å². The van der Waals surface area contributed by atoms with Gasteiger partial charge in [-0.1, -0.05) is 0 Å². The third-order valence-electron chi connectivity index (χ3n) is 0.907. The van der Waals surface area contributed by atoms with Crippen LogP contribution in [0.25, 0.3) is 0 Å². The van der Waals surface area contributed by atoms with Crippen LogP contribution in [0.4, 0.5) is 0 Å². The van der Waals surface area contributed by atoms with Gasteiger partial charge in [0.05, 0.1) is 0 Å². The molecule has 0 aromatic heterocycles. The highest BCUT2D eigenvalue weighted by Crippen LogP contribution is 1.82. The van der Waals surface area contributed by atoms with E-state index >= 15 is 0 Å². The van der Waals surface area contributed by atoms with Gasteiger partial charge in [-0.15, -0.1) is 0 Å². The van der Waals surface area contributed by atoms with Crippen LogP contribution >= 0.6 is 0 Å². The standard InChI is InChI=1S/C6H15NOSi/c1-4-8-9-6-5-7(2)3/h4-6H2,1-3H3. The van der Waals surface area contributed by atoms with Crippen LogP contribution in [0.5, 0.6) is 0 Å². The van der Waals surface area contributed by atoms with Crippen molar-refractivity contribution in [2.45, 2.75) is 13.0 Å². The maximum atomic E-state index is 5.18. The van der Waals surface area contributed by atoms with Crippen molar-refractivity contribution in [3.05, 3.63) is 0 Å². The Morgan fingerprint density at radius 2 is 2.11 bits per heavy atom. The first-order valence-corrected chi connectivity index (χ1v) is 4.38. The SMILES string of the molecule is CCO[Si]CCN(C)C. The molecule has 3 heteroatoms. The molecule has 0 bridgehead atoms. The molecule has 0 amide bonds. The van der Waals surface area contributed by atoms with Crippen LogP contribution in [-0.2, 0) is 4.43 Å². The highest BCUT2D eigenvalue weighted by molar-refractivity contribution is 6.27. The third-order valence-corrected chi connectivity index (χ3v) is 1.83. The Hall–Kier alpha value is 0.137. The fourth-order valence-electron chi connectivity index (χ4n) is 0.443. The van der Waals surface area contributed by atoms with E-state index in [9.17, 15) is 0 Å². The van der Waals surface area contributed by atoms with Gasteiger partial charge in [0, 0.05) is 6.61 Å². The molecule has 0 saturated carbocycles. The summed E-state index contributed by atoms with van der Waals surface area (Å²) in [7, 11) is 4.84. The maximum absolute atomic E-state index is 5.18. The zero-order chi connectivity index (χ0) is 7.11. The Morgan fingerprint density at radius 1 is 1.44 bits per heavy atom. The normalized spacial score (nSPS) is 10.7. The van der Waals surface area contributed by atoms with Gasteiger partial charge < -0.3 is 9.33 Å². The number of nitrogens with zero attached hydrogens (tertiary/aromatic N) is 1. The van der Waals surface area contributed by atoms with Gasteiger partial charge in [0.25, 0.3) is 0 Å². The van der Waals surface area contributed by atoms with E-state index in [0.717, 1.165) is 13.2 Å². The molecule has 0 N–H and O–H groups in total. The molecule has 0 aromatic rings. The van der Waals surface area contributed by atoms with Gasteiger partial charge in [0.2, 0.25) is 9.76 Å². The molecule has 0 rings (SSSR count). The van der Waals surface area contributed by atoms with Crippen molar-refractivity contribution in [2.24, 2.45) is 0 Å². The lowest BCUT2D eigenvalue weighted by molar-refractivity contribution is 0.351. The first-order chi connectivity index (χ1) is 4.27. The predicted octanol–water partition coefficient (Wildman–Crippen LogP) is 0.622. The summed E-state index contributed by atoms with van der Waals surface area (Å²) in [6, 6.07) is 1.17. The van der Waals surface area contributed by atoms with E-state index in [2.05, 4.69) is 19.0 Å². The number of rotatable bonds is 5. The smallest absolute Gasteiger partial charge is 0.230 e. The first kappa shape index (κ1) is 9.14. The summed E-state index contributed by atoms with van der Waals surface area (Å²) in [6.07, 6.45) is 0. The van der Waals surface area contributed by atoms with Crippen LogP contribution in [0.1, 0.15) is 6.92 Å². The van der Waals surface area contributed by atoms with Crippen molar-refractivity contribution >= 4 is 9.76 Å². The molecule has 2 nitrogen and oxygen atoms in total. The second-order valence-electron chi connectivity index (χ2n) is 2.13. The van der Waals surface area contributed by atoms with Crippen molar-refractivity contribution in [1.82, 2.24) is 4.90 Å². The fourth-order valence-corrected chi connectivity index (χ4v) is 1.33. The van der Waals surface area contributed by atoms with Gasteiger partial charge in [-0.3, -0.25) is 0 Å². The first-order valence-electron chi connectivity index (χ1n) is 3.26. The molecule has 0 unspecified atom stereocenters. The second-order valence-corrected chi connectivity index (χ2v) is 3.21.